The summed E-state index contributed by atoms with van der Waals surface area (Å²) in [4.78, 5) is 0. The molecule has 4 nitrogen and oxygen atoms in total. The Balaban J connectivity index is 2.52. The number of aromatic nitrogens is 3. The van der Waals surface area contributed by atoms with Crippen molar-refractivity contribution in [2.45, 2.75) is 13.8 Å². The molecule has 0 aliphatic heterocycles. The predicted octanol–water partition coefficient (Wildman–Crippen LogP) is 2.51. The van der Waals surface area contributed by atoms with E-state index in [0.717, 1.165) is 22.7 Å². The summed E-state index contributed by atoms with van der Waals surface area (Å²) in [7, 11) is 1.68. The van der Waals surface area contributed by atoms with Crippen LogP contribution in [0.4, 0.5) is 0 Å². The highest BCUT2D eigenvalue weighted by molar-refractivity contribution is 5.86. The first-order chi connectivity index (χ1) is 8.20. The van der Waals surface area contributed by atoms with Crippen LogP contribution in [-0.2, 0) is 0 Å². The Morgan fingerprint density at radius 2 is 1.94 bits per heavy atom. The maximum absolute atomic E-state index is 5.26. The lowest BCUT2D eigenvalue weighted by atomic mass is 10.1. The van der Waals surface area contributed by atoms with Crippen LogP contribution in [0.1, 0.15) is 11.4 Å². The summed E-state index contributed by atoms with van der Waals surface area (Å²) in [5.41, 5.74) is 3.18. The Morgan fingerprint density at radius 1 is 1.12 bits per heavy atom. The first-order valence-corrected chi connectivity index (χ1v) is 5.50. The van der Waals surface area contributed by atoms with Gasteiger partial charge in [-0.2, -0.15) is 0 Å². The molecule has 0 bridgehead atoms. The molecule has 86 valence electrons. The lowest BCUT2D eigenvalue weighted by Crippen LogP contribution is -1.94. The van der Waals surface area contributed by atoms with Crippen molar-refractivity contribution < 1.29 is 4.74 Å². The van der Waals surface area contributed by atoms with Crippen LogP contribution in [0.25, 0.3) is 16.6 Å². The molecule has 3 aromatic rings. The Bertz CT molecular complexity index is 715. The molecule has 0 radical (unpaired) electrons. The second-order valence-electron chi connectivity index (χ2n) is 4.15. The van der Waals surface area contributed by atoms with Crippen LogP contribution in [-0.4, -0.2) is 21.7 Å². The van der Waals surface area contributed by atoms with Gasteiger partial charge in [0, 0.05) is 5.39 Å². The molecule has 0 fully saturated rings. The van der Waals surface area contributed by atoms with Crippen LogP contribution in [0.5, 0.6) is 5.75 Å². The molecule has 4 heteroatoms. The highest BCUT2D eigenvalue weighted by atomic mass is 16.5. The average molecular weight is 227 g/mol. The summed E-state index contributed by atoms with van der Waals surface area (Å²) in [6.07, 6.45) is 0. The fourth-order valence-electron chi connectivity index (χ4n) is 2.19. The maximum Gasteiger partial charge on any atom is 0.161 e. The van der Waals surface area contributed by atoms with E-state index in [1.165, 1.54) is 10.9 Å². The van der Waals surface area contributed by atoms with Crippen molar-refractivity contribution >= 4 is 16.6 Å². The highest BCUT2D eigenvalue weighted by Crippen LogP contribution is 2.25. The summed E-state index contributed by atoms with van der Waals surface area (Å²) >= 11 is 0. The van der Waals surface area contributed by atoms with Crippen LogP contribution in [0.3, 0.4) is 0 Å². The largest absolute Gasteiger partial charge is 0.497 e. The van der Waals surface area contributed by atoms with Crippen LogP contribution < -0.4 is 4.74 Å². The molecule has 3 rings (SSSR count). The molecular formula is C13H13N3O. The van der Waals surface area contributed by atoms with Gasteiger partial charge in [-0.1, -0.05) is 0 Å². The second kappa shape index (κ2) is 3.45. The van der Waals surface area contributed by atoms with Crippen molar-refractivity contribution in [1.82, 2.24) is 14.6 Å². The number of aryl methyl sites for hydroxylation is 2. The van der Waals surface area contributed by atoms with Crippen molar-refractivity contribution in [1.29, 1.82) is 0 Å². The van der Waals surface area contributed by atoms with Gasteiger partial charge in [0.1, 0.15) is 11.6 Å². The van der Waals surface area contributed by atoms with Crippen molar-refractivity contribution in [3.8, 4) is 5.75 Å². The number of nitrogens with zero attached hydrogens (tertiary/aromatic N) is 3. The van der Waals surface area contributed by atoms with E-state index in [1.54, 1.807) is 7.11 Å². The van der Waals surface area contributed by atoms with E-state index >= 15 is 0 Å². The molecule has 0 N–H and O–H groups in total. The molecule has 0 atom stereocenters. The molecule has 17 heavy (non-hydrogen) atoms. The van der Waals surface area contributed by atoms with Crippen molar-refractivity contribution in [2.24, 2.45) is 0 Å². The fourth-order valence-corrected chi connectivity index (χ4v) is 2.19. The van der Waals surface area contributed by atoms with Gasteiger partial charge in [0.05, 0.1) is 12.6 Å². The van der Waals surface area contributed by atoms with Gasteiger partial charge >= 0.3 is 0 Å². The second-order valence-corrected chi connectivity index (χ2v) is 4.15. The topological polar surface area (TPSA) is 39.4 Å². The van der Waals surface area contributed by atoms with Crippen molar-refractivity contribution in [2.75, 3.05) is 7.11 Å². The van der Waals surface area contributed by atoms with E-state index in [-0.39, 0.29) is 0 Å². The van der Waals surface area contributed by atoms with Crippen LogP contribution in [0, 0.1) is 13.8 Å². The molecule has 0 aliphatic rings. The third-order valence-corrected chi connectivity index (χ3v) is 3.06. The first kappa shape index (κ1) is 10.1. The number of hydrogen-bond acceptors (Lipinski definition) is 3. The summed E-state index contributed by atoms with van der Waals surface area (Å²) in [5.74, 6) is 1.76. The molecule has 0 unspecified atom stereocenters. The average Bonchev–Trinajstić information content (AvgIpc) is 2.70. The molecule has 2 heterocycles. The molecule has 0 amide bonds. The van der Waals surface area contributed by atoms with Crippen LogP contribution >= 0.6 is 0 Å². The third-order valence-electron chi connectivity index (χ3n) is 3.06. The van der Waals surface area contributed by atoms with E-state index in [1.807, 2.05) is 31.2 Å². The van der Waals surface area contributed by atoms with Gasteiger partial charge in [-0.3, -0.25) is 4.40 Å². The zero-order valence-electron chi connectivity index (χ0n) is 10.1. The smallest absolute Gasteiger partial charge is 0.161 e. The molecule has 0 aliphatic carbocycles. The highest BCUT2D eigenvalue weighted by Gasteiger charge is 2.08. The number of hydrogen-bond donors (Lipinski definition) is 0. The SMILES string of the molecule is COc1ccc2c(c1)c(C)cc1nnc(C)n12. The van der Waals surface area contributed by atoms with E-state index < -0.39 is 0 Å². The minimum Gasteiger partial charge on any atom is -0.497 e. The van der Waals surface area contributed by atoms with E-state index in [4.69, 9.17) is 4.74 Å². The number of ether oxygens (including phenoxy) is 1. The van der Waals surface area contributed by atoms with Crippen LogP contribution in [0.2, 0.25) is 0 Å². The number of benzene rings is 1. The predicted molar refractivity (Wildman–Crippen MR) is 66.5 cm³/mol. The van der Waals surface area contributed by atoms with Gasteiger partial charge in [-0.25, -0.2) is 0 Å². The first-order valence-electron chi connectivity index (χ1n) is 5.50. The van der Waals surface area contributed by atoms with Gasteiger partial charge in [0.15, 0.2) is 5.65 Å². The van der Waals surface area contributed by atoms with E-state index in [2.05, 4.69) is 21.5 Å². The standard InChI is InChI=1S/C13H13N3O/c1-8-6-13-15-14-9(2)16(13)12-5-4-10(17-3)7-11(8)12/h4-7H,1-3H3. The van der Waals surface area contributed by atoms with Gasteiger partial charge < -0.3 is 4.74 Å². The van der Waals surface area contributed by atoms with Crippen molar-refractivity contribution in [3.63, 3.8) is 0 Å². The lowest BCUT2D eigenvalue weighted by molar-refractivity contribution is 0.415. The Hall–Kier alpha value is -2.10. The summed E-state index contributed by atoms with van der Waals surface area (Å²) < 4.78 is 7.32. The molecule has 0 spiro atoms. The zero-order valence-corrected chi connectivity index (χ0v) is 10.1. The monoisotopic (exact) mass is 227 g/mol. The quantitative estimate of drug-likeness (QED) is 0.641. The van der Waals surface area contributed by atoms with E-state index in [0.29, 0.717) is 0 Å². The van der Waals surface area contributed by atoms with Gasteiger partial charge in [0.25, 0.3) is 0 Å². The number of methoxy groups -OCH3 is 1. The Labute approximate surface area is 98.8 Å². The number of pyridine rings is 1. The summed E-state index contributed by atoms with van der Waals surface area (Å²) in [6, 6.07) is 8.09. The van der Waals surface area contributed by atoms with E-state index in [9.17, 15) is 0 Å². The molecular weight excluding hydrogens is 214 g/mol. The summed E-state index contributed by atoms with van der Waals surface area (Å²) in [6.45, 7) is 4.03. The zero-order chi connectivity index (χ0) is 12.0. The number of fused-ring (bicyclic) bond motifs is 3. The molecule has 0 saturated heterocycles. The molecule has 0 saturated carbocycles. The minimum atomic E-state index is 0.866. The fraction of sp³-hybridized carbons (Fsp3) is 0.231. The molecule has 2 aromatic heterocycles. The third kappa shape index (κ3) is 1.37. The van der Waals surface area contributed by atoms with Gasteiger partial charge in [0.2, 0.25) is 0 Å². The molecule has 1 aromatic carbocycles. The van der Waals surface area contributed by atoms with Gasteiger partial charge in [-0.05, 0) is 43.7 Å². The van der Waals surface area contributed by atoms with Crippen LogP contribution in [0.15, 0.2) is 24.3 Å². The Morgan fingerprint density at radius 3 is 2.71 bits per heavy atom. The number of rotatable bonds is 1. The maximum atomic E-state index is 5.26. The lowest BCUT2D eigenvalue weighted by Gasteiger charge is -2.08. The minimum absolute atomic E-state index is 0.866. The normalized spacial score (nSPS) is 11.2. The van der Waals surface area contributed by atoms with Gasteiger partial charge in [-0.15, -0.1) is 10.2 Å². The Kier molecular flexibility index (Phi) is 2.04. The van der Waals surface area contributed by atoms with Crippen molar-refractivity contribution in [3.05, 3.63) is 35.7 Å². The summed E-state index contributed by atoms with van der Waals surface area (Å²) in [5, 5.41) is 9.43.